The lowest BCUT2D eigenvalue weighted by molar-refractivity contribution is 0.473. The highest BCUT2D eigenvalue weighted by atomic mass is 32.2. The number of fused-ring (bicyclic) bond motifs is 2. The minimum absolute atomic E-state index is 0.356. The number of hydrogen-bond donors (Lipinski definition) is 2. The number of nitrogens with zero attached hydrogens (tertiary/aromatic N) is 1. The molecule has 0 unspecified atom stereocenters. The molecule has 1 aliphatic heterocycles. The van der Waals surface area contributed by atoms with Gasteiger partial charge in [-0.05, 0) is 44.3 Å². The van der Waals surface area contributed by atoms with Gasteiger partial charge in [-0.1, -0.05) is 30.0 Å². The Bertz CT molecular complexity index is 615. The number of rotatable bonds is 4. The average Bonchev–Trinajstić information content (AvgIpc) is 2.47. The second kappa shape index (κ2) is 5.77. The maximum absolute atomic E-state index is 10.2. The molecular weight excluding hydrogens is 268 g/mol. The number of nitrogens with one attached hydrogen (secondary N) is 1. The number of phenols is 1. The van der Waals surface area contributed by atoms with E-state index in [0.29, 0.717) is 5.75 Å². The van der Waals surface area contributed by atoms with Crippen molar-refractivity contribution in [1.82, 2.24) is 5.32 Å². The van der Waals surface area contributed by atoms with E-state index in [2.05, 4.69) is 40.5 Å². The van der Waals surface area contributed by atoms with E-state index in [1.165, 1.54) is 10.6 Å². The molecule has 104 valence electrons. The Labute approximate surface area is 123 Å². The zero-order valence-electron chi connectivity index (χ0n) is 11.5. The Hall–Kier alpha value is -1.65. The highest BCUT2D eigenvalue weighted by Gasteiger charge is 2.25. The van der Waals surface area contributed by atoms with E-state index in [-0.39, 0.29) is 0 Å². The van der Waals surface area contributed by atoms with Gasteiger partial charge in [0.25, 0.3) is 0 Å². The van der Waals surface area contributed by atoms with Gasteiger partial charge in [0.15, 0.2) is 0 Å². The fourth-order valence-corrected chi connectivity index (χ4v) is 3.64. The largest absolute Gasteiger partial charge is 0.506 e. The van der Waals surface area contributed by atoms with E-state index in [1.807, 2.05) is 13.1 Å². The van der Waals surface area contributed by atoms with E-state index >= 15 is 0 Å². The average molecular weight is 286 g/mol. The van der Waals surface area contributed by atoms with E-state index in [9.17, 15) is 5.11 Å². The molecule has 3 rings (SSSR count). The predicted octanol–water partition coefficient (Wildman–Crippen LogP) is 3.60. The SMILES string of the molecule is CNCCCN1c2ccccc2Sc2cccc(O)c21. The molecule has 0 fully saturated rings. The van der Waals surface area contributed by atoms with Crippen molar-refractivity contribution in [2.24, 2.45) is 0 Å². The molecule has 0 aliphatic carbocycles. The summed E-state index contributed by atoms with van der Waals surface area (Å²) in [5.74, 6) is 0.356. The molecule has 1 aliphatic rings. The van der Waals surface area contributed by atoms with Gasteiger partial charge in [-0.3, -0.25) is 0 Å². The summed E-state index contributed by atoms with van der Waals surface area (Å²) in [5, 5.41) is 13.4. The first-order valence-electron chi connectivity index (χ1n) is 6.82. The maximum Gasteiger partial charge on any atom is 0.140 e. The second-order valence-corrected chi connectivity index (χ2v) is 5.89. The summed E-state index contributed by atoms with van der Waals surface area (Å²) in [6.45, 7) is 1.86. The van der Waals surface area contributed by atoms with Crippen LogP contribution >= 0.6 is 11.8 Å². The van der Waals surface area contributed by atoms with Crippen LogP contribution in [0.3, 0.4) is 0 Å². The second-order valence-electron chi connectivity index (χ2n) is 4.80. The number of anilines is 2. The molecule has 0 amide bonds. The maximum atomic E-state index is 10.2. The summed E-state index contributed by atoms with van der Waals surface area (Å²) < 4.78 is 0. The van der Waals surface area contributed by atoms with Crippen LogP contribution in [0.1, 0.15) is 6.42 Å². The summed E-state index contributed by atoms with van der Waals surface area (Å²) in [6.07, 6.45) is 1.03. The molecule has 0 radical (unpaired) electrons. The fourth-order valence-electron chi connectivity index (χ4n) is 2.52. The molecular formula is C16H18N2OS. The van der Waals surface area contributed by atoms with Gasteiger partial charge in [-0.25, -0.2) is 0 Å². The molecule has 0 saturated heterocycles. The number of benzene rings is 2. The van der Waals surface area contributed by atoms with Crippen LogP contribution in [0.25, 0.3) is 0 Å². The first-order chi connectivity index (χ1) is 9.81. The highest BCUT2D eigenvalue weighted by molar-refractivity contribution is 7.99. The zero-order valence-corrected chi connectivity index (χ0v) is 12.3. The van der Waals surface area contributed by atoms with Crippen molar-refractivity contribution in [2.45, 2.75) is 16.2 Å². The van der Waals surface area contributed by atoms with E-state index in [0.717, 1.165) is 30.1 Å². The van der Waals surface area contributed by atoms with Crippen LogP contribution in [0.2, 0.25) is 0 Å². The summed E-state index contributed by atoms with van der Waals surface area (Å²) >= 11 is 1.72. The van der Waals surface area contributed by atoms with Gasteiger partial charge >= 0.3 is 0 Å². The van der Waals surface area contributed by atoms with Gasteiger partial charge in [0.05, 0.1) is 11.4 Å². The zero-order chi connectivity index (χ0) is 13.9. The Balaban J connectivity index is 2.02. The number of para-hydroxylation sites is 2. The summed E-state index contributed by atoms with van der Waals surface area (Å²) in [5.41, 5.74) is 2.12. The van der Waals surface area contributed by atoms with Gasteiger partial charge in [-0.15, -0.1) is 0 Å². The first kappa shape index (κ1) is 13.3. The van der Waals surface area contributed by atoms with Crippen LogP contribution in [0.15, 0.2) is 52.3 Å². The van der Waals surface area contributed by atoms with Gasteiger partial charge in [0.2, 0.25) is 0 Å². The smallest absolute Gasteiger partial charge is 0.140 e. The molecule has 3 nitrogen and oxygen atoms in total. The first-order valence-corrected chi connectivity index (χ1v) is 7.64. The van der Waals surface area contributed by atoms with Crippen molar-refractivity contribution < 1.29 is 5.11 Å². The molecule has 0 spiro atoms. The summed E-state index contributed by atoms with van der Waals surface area (Å²) in [6, 6.07) is 14.1. The Morgan fingerprint density at radius 3 is 2.75 bits per heavy atom. The lowest BCUT2D eigenvalue weighted by Crippen LogP contribution is -2.24. The van der Waals surface area contributed by atoms with Gasteiger partial charge in [0.1, 0.15) is 5.75 Å². The van der Waals surface area contributed by atoms with Crippen molar-refractivity contribution in [2.75, 3.05) is 25.0 Å². The molecule has 0 atom stereocenters. The van der Waals surface area contributed by atoms with Crippen LogP contribution in [0.5, 0.6) is 5.75 Å². The molecule has 0 saturated carbocycles. The third-order valence-electron chi connectivity index (χ3n) is 3.43. The third kappa shape index (κ3) is 2.37. The Morgan fingerprint density at radius 1 is 1.10 bits per heavy atom. The van der Waals surface area contributed by atoms with Crippen LogP contribution < -0.4 is 10.2 Å². The van der Waals surface area contributed by atoms with Crippen LogP contribution in [-0.4, -0.2) is 25.2 Å². The molecule has 2 aromatic rings. The van der Waals surface area contributed by atoms with Gasteiger partial charge < -0.3 is 15.3 Å². The summed E-state index contributed by atoms with van der Waals surface area (Å²) in [4.78, 5) is 4.59. The van der Waals surface area contributed by atoms with E-state index in [1.54, 1.807) is 17.8 Å². The van der Waals surface area contributed by atoms with Crippen LogP contribution in [0.4, 0.5) is 11.4 Å². The lowest BCUT2D eigenvalue weighted by atomic mass is 10.2. The normalized spacial score (nSPS) is 12.9. The van der Waals surface area contributed by atoms with Gasteiger partial charge in [-0.2, -0.15) is 0 Å². The number of hydrogen-bond acceptors (Lipinski definition) is 4. The third-order valence-corrected chi connectivity index (χ3v) is 4.55. The minimum atomic E-state index is 0.356. The van der Waals surface area contributed by atoms with E-state index < -0.39 is 0 Å². The summed E-state index contributed by atoms with van der Waals surface area (Å²) in [7, 11) is 1.96. The Morgan fingerprint density at radius 2 is 1.90 bits per heavy atom. The van der Waals surface area contributed by atoms with E-state index in [4.69, 9.17) is 0 Å². The minimum Gasteiger partial charge on any atom is -0.506 e. The number of aromatic hydroxyl groups is 1. The highest BCUT2D eigenvalue weighted by Crippen LogP contribution is 2.51. The topological polar surface area (TPSA) is 35.5 Å². The molecule has 20 heavy (non-hydrogen) atoms. The molecule has 4 heteroatoms. The van der Waals surface area contributed by atoms with Crippen molar-refractivity contribution >= 4 is 23.1 Å². The fraction of sp³-hybridized carbons (Fsp3) is 0.250. The molecule has 0 bridgehead atoms. The predicted molar refractivity (Wildman–Crippen MR) is 84.2 cm³/mol. The van der Waals surface area contributed by atoms with Crippen molar-refractivity contribution in [3.8, 4) is 5.75 Å². The molecule has 0 aromatic heterocycles. The van der Waals surface area contributed by atoms with Crippen molar-refractivity contribution in [3.63, 3.8) is 0 Å². The Kier molecular flexibility index (Phi) is 3.85. The molecule has 2 aromatic carbocycles. The van der Waals surface area contributed by atoms with Crippen molar-refractivity contribution in [1.29, 1.82) is 0 Å². The monoisotopic (exact) mass is 286 g/mol. The molecule has 1 heterocycles. The lowest BCUT2D eigenvalue weighted by Gasteiger charge is -2.33. The van der Waals surface area contributed by atoms with Gasteiger partial charge in [0, 0.05) is 16.3 Å². The molecule has 2 N–H and O–H groups in total. The standard InChI is InChI=1S/C16H18N2OS/c1-17-10-5-11-18-12-6-2-3-8-14(12)20-15-9-4-7-13(19)16(15)18/h2-4,6-9,17,19H,5,10-11H2,1H3. The quantitative estimate of drug-likeness (QED) is 0.842. The van der Waals surface area contributed by atoms with Crippen molar-refractivity contribution in [3.05, 3.63) is 42.5 Å². The van der Waals surface area contributed by atoms with Crippen LogP contribution in [-0.2, 0) is 0 Å². The van der Waals surface area contributed by atoms with Crippen LogP contribution in [0, 0.1) is 0 Å². The number of phenolic OH excluding ortho intramolecular Hbond substituents is 1.